The zero-order valence-corrected chi connectivity index (χ0v) is 17.9. The SMILES string of the molecule is CN1CC(C2CC(Cl)C(F)C(C(=O)NNS(=O)(=O)C3CCOCC3)C2)NC1Cl. The number of hydrogen-bond donors (Lipinski definition) is 3. The smallest absolute Gasteiger partial charge is 0.241 e. The standard InChI is InChI=1S/C16H27Cl2FN4O4S/c1-23-8-13(20-16(23)18)9-6-11(14(19)12(17)7-9)15(24)21-22-28(25,26)10-2-4-27-5-3-10/h9-14,16,20,22H,2-8H2,1H3,(H,21,24). The molecule has 8 nitrogen and oxygen atoms in total. The first kappa shape index (κ1) is 22.5. The van der Waals surface area contributed by atoms with E-state index in [2.05, 4.69) is 15.6 Å². The Morgan fingerprint density at radius 1 is 1.25 bits per heavy atom. The average molecular weight is 461 g/mol. The maximum absolute atomic E-state index is 14.6. The third kappa shape index (κ3) is 5.08. The molecule has 1 amide bonds. The number of likely N-dealkylation sites (N-methyl/N-ethyl adjacent to an activating group) is 1. The highest BCUT2D eigenvalue weighted by atomic mass is 35.5. The third-order valence-electron chi connectivity index (χ3n) is 5.87. The van der Waals surface area contributed by atoms with E-state index in [0.29, 0.717) is 39.0 Å². The second-order valence-electron chi connectivity index (χ2n) is 7.79. The molecular formula is C16H27Cl2FN4O4S. The van der Waals surface area contributed by atoms with Crippen LogP contribution in [0.2, 0.25) is 0 Å². The van der Waals surface area contributed by atoms with Crippen molar-refractivity contribution in [3.8, 4) is 0 Å². The van der Waals surface area contributed by atoms with E-state index in [4.69, 9.17) is 27.9 Å². The van der Waals surface area contributed by atoms with Crippen LogP contribution in [0.25, 0.3) is 0 Å². The van der Waals surface area contributed by atoms with Crippen molar-refractivity contribution in [1.29, 1.82) is 0 Å². The molecule has 0 radical (unpaired) electrons. The number of hydrazine groups is 1. The molecule has 12 heteroatoms. The summed E-state index contributed by atoms with van der Waals surface area (Å²) in [6, 6.07) is -0.00418. The fourth-order valence-corrected chi connectivity index (χ4v) is 6.00. The summed E-state index contributed by atoms with van der Waals surface area (Å²) in [4.78, 5) is 16.6. The second-order valence-corrected chi connectivity index (χ2v) is 10.7. The van der Waals surface area contributed by atoms with Crippen LogP contribution in [-0.2, 0) is 19.6 Å². The van der Waals surface area contributed by atoms with Gasteiger partial charge in [0.15, 0.2) is 0 Å². The summed E-state index contributed by atoms with van der Waals surface area (Å²) in [5, 5.41) is 1.77. The van der Waals surface area contributed by atoms with Crippen LogP contribution in [0.4, 0.5) is 4.39 Å². The Hall–Kier alpha value is -0.230. The van der Waals surface area contributed by atoms with Crippen LogP contribution < -0.4 is 15.6 Å². The van der Waals surface area contributed by atoms with Crippen molar-refractivity contribution in [3.63, 3.8) is 0 Å². The van der Waals surface area contributed by atoms with Crippen LogP contribution in [0.15, 0.2) is 0 Å². The highest BCUT2D eigenvalue weighted by molar-refractivity contribution is 7.90. The number of sulfonamides is 1. The van der Waals surface area contributed by atoms with Crippen molar-refractivity contribution in [2.45, 2.75) is 54.1 Å². The molecule has 2 aliphatic heterocycles. The number of halogens is 3. The maximum Gasteiger partial charge on any atom is 0.241 e. The number of hydrogen-bond acceptors (Lipinski definition) is 6. The molecule has 2 heterocycles. The molecule has 3 aliphatic rings. The Labute approximate surface area is 174 Å². The Balaban J connectivity index is 1.59. The van der Waals surface area contributed by atoms with Crippen molar-refractivity contribution in [3.05, 3.63) is 0 Å². The fourth-order valence-electron chi connectivity index (χ4n) is 4.13. The molecule has 162 valence electrons. The molecule has 0 aromatic heterocycles. The molecule has 1 saturated carbocycles. The van der Waals surface area contributed by atoms with Gasteiger partial charge < -0.3 is 4.74 Å². The van der Waals surface area contributed by atoms with Crippen molar-refractivity contribution >= 4 is 39.1 Å². The van der Waals surface area contributed by atoms with E-state index in [9.17, 15) is 17.6 Å². The van der Waals surface area contributed by atoms with Gasteiger partial charge in [0.05, 0.1) is 16.5 Å². The first-order valence-electron chi connectivity index (χ1n) is 9.45. The summed E-state index contributed by atoms with van der Waals surface area (Å²) in [7, 11) is -1.87. The van der Waals surface area contributed by atoms with Crippen molar-refractivity contribution in [1.82, 2.24) is 20.5 Å². The summed E-state index contributed by atoms with van der Waals surface area (Å²) in [6.45, 7) is 1.38. The van der Waals surface area contributed by atoms with Gasteiger partial charge >= 0.3 is 0 Å². The predicted molar refractivity (Wildman–Crippen MR) is 104 cm³/mol. The zero-order valence-electron chi connectivity index (χ0n) is 15.6. The van der Waals surface area contributed by atoms with Crippen molar-refractivity contribution in [2.24, 2.45) is 11.8 Å². The Morgan fingerprint density at radius 2 is 1.93 bits per heavy atom. The Kier molecular flexibility index (Phi) is 7.44. The lowest BCUT2D eigenvalue weighted by atomic mass is 9.76. The van der Waals surface area contributed by atoms with E-state index >= 15 is 0 Å². The molecule has 6 unspecified atom stereocenters. The number of rotatable bonds is 5. The number of carbonyl (C=O) groups is 1. The monoisotopic (exact) mass is 460 g/mol. The van der Waals surface area contributed by atoms with Crippen molar-refractivity contribution < 1.29 is 22.3 Å². The van der Waals surface area contributed by atoms with E-state index in [1.807, 2.05) is 11.9 Å². The molecule has 3 N–H and O–H groups in total. The summed E-state index contributed by atoms with van der Waals surface area (Å²) >= 11 is 12.3. The molecule has 1 aliphatic carbocycles. The normalized spacial score (nSPS) is 38.4. The van der Waals surface area contributed by atoms with E-state index < -0.39 is 38.6 Å². The predicted octanol–water partition coefficient (Wildman–Crippen LogP) is 0.514. The molecule has 6 atom stereocenters. The maximum atomic E-state index is 14.6. The van der Waals surface area contributed by atoms with Crippen molar-refractivity contribution in [2.75, 3.05) is 26.8 Å². The van der Waals surface area contributed by atoms with Crippen LogP contribution in [0.1, 0.15) is 25.7 Å². The summed E-state index contributed by atoms with van der Waals surface area (Å²) in [5.41, 5.74) is 1.88. The number of nitrogens with zero attached hydrogens (tertiary/aromatic N) is 1. The zero-order chi connectivity index (χ0) is 20.5. The second kappa shape index (κ2) is 9.28. The quantitative estimate of drug-likeness (QED) is 0.314. The minimum absolute atomic E-state index is 0.00418. The first-order valence-corrected chi connectivity index (χ1v) is 11.9. The lowest BCUT2D eigenvalue weighted by Crippen LogP contribution is -2.53. The minimum atomic E-state index is -3.75. The molecule has 3 fully saturated rings. The van der Waals surface area contributed by atoms with E-state index in [-0.39, 0.29) is 24.0 Å². The van der Waals surface area contributed by atoms with Crippen LogP contribution in [0.3, 0.4) is 0 Å². The first-order chi connectivity index (χ1) is 13.2. The number of carbonyl (C=O) groups excluding carboxylic acids is 1. The number of nitrogens with one attached hydrogen (secondary N) is 3. The average Bonchev–Trinajstić information content (AvgIpc) is 3.01. The molecule has 28 heavy (non-hydrogen) atoms. The molecule has 0 bridgehead atoms. The van der Waals surface area contributed by atoms with Crippen LogP contribution >= 0.6 is 23.2 Å². The molecular weight excluding hydrogens is 434 g/mol. The summed E-state index contributed by atoms with van der Waals surface area (Å²) in [5.74, 6) is -1.77. The third-order valence-corrected chi connectivity index (χ3v) is 8.48. The Morgan fingerprint density at radius 3 is 2.54 bits per heavy atom. The van der Waals surface area contributed by atoms with Gasteiger partial charge in [-0.3, -0.25) is 20.4 Å². The molecule has 3 rings (SSSR count). The largest absolute Gasteiger partial charge is 0.381 e. The molecule has 0 aromatic rings. The fraction of sp³-hybridized carbons (Fsp3) is 0.938. The number of ether oxygens (including phenoxy) is 1. The Bertz CT molecular complexity index is 657. The van der Waals surface area contributed by atoms with Gasteiger partial charge in [-0.25, -0.2) is 12.8 Å². The molecule has 2 saturated heterocycles. The van der Waals surface area contributed by atoms with Gasteiger partial charge in [0, 0.05) is 25.8 Å². The van der Waals surface area contributed by atoms with E-state index in [1.54, 1.807) is 0 Å². The topological polar surface area (TPSA) is 99.8 Å². The van der Waals surface area contributed by atoms with Gasteiger partial charge in [-0.05, 0) is 38.6 Å². The van der Waals surface area contributed by atoms with Gasteiger partial charge in [-0.2, -0.15) is 0 Å². The van der Waals surface area contributed by atoms with E-state index in [0.717, 1.165) is 0 Å². The lowest BCUT2D eigenvalue weighted by molar-refractivity contribution is -0.129. The summed E-state index contributed by atoms with van der Waals surface area (Å²) in [6.07, 6.45) is -0.143. The highest BCUT2D eigenvalue weighted by Gasteiger charge is 2.45. The highest BCUT2D eigenvalue weighted by Crippen LogP contribution is 2.38. The van der Waals surface area contributed by atoms with Crippen LogP contribution in [0.5, 0.6) is 0 Å². The van der Waals surface area contributed by atoms with Gasteiger partial charge in [-0.1, -0.05) is 11.6 Å². The number of alkyl halides is 3. The summed E-state index contributed by atoms with van der Waals surface area (Å²) < 4.78 is 44.5. The van der Waals surface area contributed by atoms with E-state index in [1.165, 1.54) is 0 Å². The number of amides is 1. The minimum Gasteiger partial charge on any atom is -0.381 e. The van der Waals surface area contributed by atoms with Crippen LogP contribution in [0, 0.1) is 11.8 Å². The van der Waals surface area contributed by atoms with Gasteiger partial charge in [-0.15, -0.1) is 16.4 Å². The van der Waals surface area contributed by atoms with Gasteiger partial charge in [0.25, 0.3) is 0 Å². The molecule has 0 aromatic carbocycles. The van der Waals surface area contributed by atoms with Crippen LogP contribution in [-0.4, -0.2) is 74.5 Å². The molecule has 0 spiro atoms. The van der Waals surface area contributed by atoms with Gasteiger partial charge in [0.2, 0.25) is 15.9 Å². The lowest BCUT2D eigenvalue weighted by Gasteiger charge is -2.37. The van der Waals surface area contributed by atoms with Gasteiger partial charge in [0.1, 0.15) is 11.8 Å².